The molecule has 1 aromatic heterocycles. The summed E-state index contributed by atoms with van der Waals surface area (Å²) >= 11 is 0. The Morgan fingerprint density at radius 3 is 2.77 bits per heavy atom. The zero-order valence-electron chi connectivity index (χ0n) is 17.3. The van der Waals surface area contributed by atoms with Crippen LogP contribution in [0.3, 0.4) is 0 Å². The first-order valence-corrected chi connectivity index (χ1v) is 10.1. The van der Waals surface area contributed by atoms with Gasteiger partial charge in [-0.15, -0.1) is 0 Å². The number of nitrogens with two attached hydrogens (primary N) is 2. The molecule has 2 aliphatic heterocycles. The number of anilines is 2. The molecule has 0 saturated carbocycles. The molecular formula is C24H23N7. The fourth-order valence-corrected chi connectivity index (χ4v) is 4.11. The predicted molar refractivity (Wildman–Crippen MR) is 126 cm³/mol. The van der Waals surface area contributed by atoms with E-state index in [2.05, 4.69) is 45.1 Å². The van der Waals surface area contributed by atoms with Gasteiger partial charge in [0.1, 0.15) is 11.5 Å². The van der Waals surface area contributed by atoms with Gasteiger partial charge in [-0.1, -0.05) is 36.9 Å². The number of rotatable bonds is 3. The Labute approximate surface area is 180 Å². The lowest BCUT2D eigenvalue weighted by Gasteiger charge is -2.34. The summed E-state index contributed by atoms with van der Waals surface area (Å²) < 4.78 is 2.07. The number of aliphatic imine (C=N–C) groups is 2. The maximum atomic E-state index is 6.31. The Balaban J connectivity index is 1.65. The molecule has 0 spiro atoms. The molecule has 4 N–H and O–H groups in total. The fraction of sp³-hybridized carbons (Fsp3) is 0.125. The van der Waals surface area contributed by atoms with E-state index in [0.29, 0.717) is 30.2 Å². The lowest BCUT2D eigenvalue weighted by atomic mass is 10.0. The molecule has 3 heterocycles. The summed E-state index contributed by atoms with van der Waals surface area (Å²) in [5, 5.41) is 0. The molecule has 0 fully saturated rings. The van der Waals surface area contributed by atoms with Gasteiger partial charge in [0.25, 0.3) is 0 Å². The quantitative estimate of drug-likeness (QED) is 0.644. The van der Waals surface area contributed by atoms with E-state index in [1.165, 1.54) is 0 Å². The molecular weight excluding hydrogens is 386 g/mol. The highest BCUT2D eigenvalue weighted by Gasteiger charge is 2.28. The maximum Gasteiger partial charge on any atom is 0.151 e. The van der Waals surface area contributed by atoms with Gasteiger partial charge in [-0.05, 0) is 30.7 Å². The molecule has 3 aromatic rings. The molecule has 0 radical (unpaired) electrons. The number of benzene rings is 2. The van der Waals surface area contributed by atoms with Crippen LogP contribution in [0, 0.1) is 6.92 Å². The van der Waals surface area contributed by atoms with E-state index in [-0.39, 0.29) is 0 Å². The van der Waals surface area contributed by atoms with Crippen LogP contribution in [0.25, 0.3) is 5.70 Å². The van der Waals surface area contributed by atoms with Crippen molar-refractivity contribution < 1.29 is 0 Å². The van der Waals surface area contributed by atoms with Crippen LogP contribution in [-0.4, -0.2) is 21.2 Å². The number of aromatic nitrogens is 2. The molecule has 7 heteroatoms. The van der Waals surface area contributed by atoms with E-state index in [0.717, 1.165) is 39.7 Å². The highest BCUT2D eigenvalue weighted by atomic mass is 15.3. The zero-order valence-corrected chi connectivity index (χ0v) is 17.3. The number of nitrogen functional groups attached to an aromatic ring is 1. The first kappa shape index (κ1) is 18.9. The third-order valence-corrected chi connectivity index (χ3v) is 5.63. The van der Waals surface area contributed by atoms with Crippen molar-refractivity contribution in [2.45, 2.75) is 19.9 Å². The van der Waals surface area contributed by atoms with Gasteiger partial charge in [-0.3, -0.25) is 4.90 Å². The monoisotopic (exact) mass is 409 g/mol. The molecule has 2 aromatic carbocycles. The number of aryl methyl sites for hydroxylation is 1. The van der Waals surface area contributed by atoms with Crippen LogP contribution in [0.2, 0.25) is 0 Å². The average Bonchev–Trinajstić information content (AvgIpc) is 3.05. The van der Waals surface area contributed by atoms with Crippen LogP contribution >= 0.6 is 0 Å². The number of allylic oxidation sites excluding steroid dienone is 1. The summed E-state index contributed by atoms with van der Waals surface area (Å²) in [6, 6.07) is 13.9. The SMILES string of the molecule is C=C1c2c(N)cccc2N=C(Cn2cnc3c2CC=CN=C3N)N1c1ccccc1C. The summed E-state index contributed by atoms with van der Waals surface area (Å²) in [6.45, 7) is 6.98. The van der Waals surface area contributed by atoms with Crippen molar-refractivity contribution in [1.82, 2.24) is 9.55 Å². The van der Waals surface area contributed by atoms with Crippen molar-refractivity contribution in [3.8, 4) is 0 Å². The van der Waals surface area contributed by atoms with Crippen molar-refractivity contribution in [2.75, 3.05) is 10.6 Å². The molecule has 5 rings (SSSR count). The van der Waals surface area contributed by atoms with Gasteiger partial charge >= 0.3 is 0 Å². The molecule has 0 saturated heterocycles. The van der Waals surface area contributed by atoms with Crippen LogP contribution in [0.1, 0.15) is 22.5 Å². The third-order valence-electron chi connectivity index (χ3n) is 5.63. The van der Waals surface area contributed by atoms with Crippen molar-refractivity contribution in [3.63, 3.8) is 0 Å². The Hall–Kier alpha value is -4.13. The molecule has 31 heavy (non-hydrogen) atoms. The number of para-hydroxylation sites is 1. The van der Waals surface area contributed by atoms with E-state index >= 15 is 0 Å². The summed E-state index contributed by atoms with van der Waals surface area (Å²) in [5.74, 6) is 1.26. The van der Waals surface area contributed by atoms with E-state index in [4.69, 9.17) is 16.5 Å². The van der Waals surface area contributed by atoms with Crippen LogP contribution in [0.15, 0.2) is 77.6 Å². The van der Waals surface area contributed by atoms with Crippen LogP contribution in [0.5, 0.6) is 0 Å². The first-order valence-electron chi connectivity index (χ1n) is 10.1. The predicted octanol–water partition coefficient (Wildman–Crippen LogP) is 3.77. The second kappa shape index (κ2) is 7.28. The topological polar surface area (TPSA) is 97.8 Å². The van der Waals surface area contributed by atoms with E-state index < -0.39 is 0 Å². The van der Waals surface area contributed by atoms with Crippen LogP contribution < -0.4 is 16.4 Å². The summed E-state index contributed by atoms with van der Waals surface area (Å²) in [4.78, 5) is 15.8. The number of nitrogens with zero attached hydrogens (tertiary/aromatic N) is 5. The maximum absolute atomic E-state index is 6.31. The molecule has 0 aliphatic carbocycles. The number of hydrogen-bond acceptors (Lipinski definition) is 6. The second-order valence-electron chi connectivity index (χ2n) is 7.61. The molecule has 0 atom stereocenters. The minimum atomic E-state index is 0.423. The summed E-state index contributed by atoms with van der Waals surface area (Å²) in [6.07, 6.45) is 6.19. The largest absolute Gasteiger partial charge is 0.398 e. The van der Waals surface area contributed by atoms with E-state index in [9.17, 15) is 0 Å². The Morgan fingerprint density at radius 2 is 1.94 bits per heavy atom. The number of imidazole rings is 1. The smallest absolute Gasteiger partial charge is 0.151 e. The van der Waals surface area contributed by atoms with Crippen LogP contribution in [-0.2, 0) is 13.0 Å². The molecule has 0 unspecified atom stereocenters. The van der Waals surface area contributed by atoms with Gasteiger partial charge in [0.15, 0.2) is 5.84 Å². The van der Waals surface area contributed by atoms with Gasteiger partial charge in [0.2, 0.25) is 0 Å². The average molecular weight is 409 g/mol. The minimum absolute atomic E-state index is 0.423. The van der Waals surface area contributed by atoms with Crippen LogP contribution in [0.4, 0.5) is 17.1 Å². The Kier molecular flexibility index (Phi) is 4.43. The van der Waals surface area contributed by atoms with Gasteiger partial charge < -0.3 is 16.0 Å². The summed E-state index contributed by atoms with van der Waals surface area (Å²) in [5.41, 5.74) is 19.4. The highest BCUT2D eigenvalue weighted by Crippen LogP contribution is 2.40. The summed E-state index contributed by atoms with van der Waals surface area (Å²) in [7, 11) is 0. The van der Waals surface area contributed by atoms with Gasteiger partial charge in [0.05, 0.1) is 35.6 Å². The standard InChI is InChI=1S/C24H23N7/c1-15-7-3-4-10-19(15)31-16(2)22-17(25)8-5-9-18(22)29-21(31)13-30-14-28-23-20(30)11-6-12-27-24(23)26/h3-10,12,14H,2,11,13,25H2,1H3,(H2,26,27). The Bertz CT molecular complexity index is 1290. The molecule has 0 bridgehead atoms. The van der Waals surface area contributed by atoms with Gasteiger partial charge in [0, 0.05) is 23.9 Å². The van der Waals surface area contributed by atoms with Crippen molar-refractivity contribution in [1.29, 1.82) is 0 Å². The fourth-order valence-electron chi connectivity index (χ4n) is 4.11. The van der Waals surface area contributed by atoms with Crippen molar-refractivity contribution >= 4 is 34.4 Å². The van der Waals surface area contributed by atoms with Crippen molar-refractivity contribution in [3.05, 3.63) is 90.2 Å². The normalized spacial score (nSPS) is 15.1. The number of fused-ring (bicyclic) bond motifs is 2. The zero-order chi connectivity index (χ0) is 21.5. The number of amidine groups is 2. The minimum Gasteiger partial charge on any atom is -0.398 e. The van der Waals surface area contributed by atoms with E-state index in [1.54, 1.807) is 12.5 Å². The highest BCUT2D eigenvalue weighted by molar-refractivity contribution is 6.14. The second-order valence-corrected chi connectivity index (χ2v) is 7.61. The number of hydrogen-bond donors (Lipinski definition) is 2. The van der Waals surface area contributed by atoms with Gasteiger partial charge in [-0.25, -0.2) is 15.0 Å². The van der Waals surface area contributed by atoms with Gasteiger partial charge in [-0.2, -0.15) is 0 Å². The lowest BCUT2D eigenvalue weighted by Crippen LogP contribution is -2.35. The lowest BCUT2D eigenvalue weighted by molar-refractivity contribution is 0.792. The molecule has 154 valence electrons. The third kappa shape index (κ3) is 3.11. The molecule has 7 nitrogen and oxygen atoms in total. The van der Waals surface area contributed by atoms with Crippen molar-refractivity contribution in [2.24, 2.45) is 15.7 Å². The Morgan fingerprint density at radius 1 is 1.10 bits per heavy atom. The molecule has 2 aliphatic rings. The first-order chi connectivity index (χ1) is 15.0. The molecule has 0 amide bonds. The van der Waals surface area contributed by atoms with E-state index in [1.807, 2.05) is 36.4 Å².